The number of carbonyl (C=O) groups is 1. The third kappa shape index (κ3) is 3.80. The number of aromatic nitrogens is 2. The van der Waals surface area contributed by atoms with Crippen molar-refractivity contribution in [3.05, 3.63) is 12.4 Å². The van der Waals surface area contributed by atoms with Gasteiger partial charge in [0, 0.05) is 6.07 Å². The van der Waals surface area contributed by atoms with E-state index in [1.807, 2.05) is 6.92 Å². The molecule has 1 aromatic rings. The molecule has 0 spiro atoms. The van der Waals surface area contributed by atoms with Gasteiger partial charge in [0.1, 0.15) is 18.7 Å². The van der Waals surface area contributed by atoms with Gasteiger partial charge < -0.3 is 14.8 Å². The van der Waals surface area contributed by atoms with Gasteiger partial charge in [0.05, 0.1) is 13.7 Å². The van der Waals surface area contributed by atoms with E-state index in [4.69, 9.17) is 4.74 Å². The van der Waals surface area contributed by atoms with E-state index < -0.39 is 0 Å². The molecular weight excluding hydrogens is 198 g/mol. The highest BCUT2D eigenvalue weighted by Crippen LogP contribution is 2.10. The van der Waals surface area contributed by atoms with Gasteiger partial charge in [0.25, 0.3) is 0 Å². The van der Waals surface area contributed by atoms with Crippen molar-refractivity contribution in [3.63, 3.8) is 0 Å². The van der Waals surface area contributed by atoms with Crippen LogP contribution in [0.2, 0.25) is 0 Å². The molecule has 0 radical (unpaired) electrons. The zero-order valence-corrected chi connectivity index (χ0v) is 8.69. The molecule has 15 heavy (non-hydrogen) atoms. The number of hydrogen-bond donors (Lipinski definition) is 1. The molecule has 0 bridgehead atoms. The molecule has 1 N–H and O–H groups in total. The van der Waals surface area contributed by atoms with Crippen molar-refractivity contribution in [1.82, 2.24) is 9.97 Å². The fraction of sp³-hybridized carbons (Fsp3) is 0.444. The van der Waals surface area contributed by atoms with Crippen LogP contribution in [0, 0.1) is 0 Å². The first kappa shape index (κ1) is 11.2. The van der Waals surface area contributed by atoms with Crippen molar-refractivity contribution in [2.45, 2.75) is 6.92 Å². The monoisotopic (exact) mass is 211 g/mol. The zero-order chi connectivity index (χ0) is 11.1. The fourth-order valence-corrected chi connectivity index (χ4v) is 0.898. The summed E-state index contributed by atoms with van der Waals surface area (Å²) in [6.07, 6.45) is 1.37. The Morgan fingerprint density at radius 1 is 1.53 bits per heavy atom. The summed E-state index contributed by atoms with van der Waals surface area (Å²) in [5.41, 5.74) is 0. The number of ether oxygens (including phenoxy) is 2. The predicted molar refractivity (Wildman–Crippen MR) is 53.7 cm³/mol. The van der Waals surface area contributed by atoms with Crippen LogP contribution in [-0.4, -0.2) is 36.2 Å². The Bertz CT molecular complexity index is 330. The Kier molecular flexibility index (Phi) is 4.33. The van der Waals surface area contributed by atoms with Gasteiger partial charge in [0.15, 0.2) is 0 Å². The van der Waals surface area contributed by atoms with Crippen molar-refractivity contribution in [2.24, 2.45) is 0 Å². The third-order valence-corrected chi connectivity index (χ3v) is 1.58. The minimum absolute atomic E-state index is 0.0685. The quantitative estimate of drug-likeness (QED) is 0.713. The van der Waals surface area contributed by atoms with E-state index in [9.17, 15) is 4.79 Å². The summed E-state index contributed by atoms with van der Waals surface area (Å²) in [7, 11) is 1.33. The number of nitrogens with zero attached hydrogens (tertiary/aromatic N) is 2. The molecule has 0 saturated carbocycles. The molecular formula is C9H13N3O3. The first-order chi connectivity index (χ1) is 7.26. The topological polar surface area (TPSA) is 73.3 Å². The van der Waals surface area contributed by atoms with Crippen LogP contribution < -0.4 is 10.1 Å². The summed E-state index contributed by atoms with van der Waals surface area (Å²) in [5.74, 6) is 0.644. The number of hydrogen-bond acceptors (Lipinski definition) is 6. The number of nitrogens with one attached hydrogen (secondary N) is 1. The number of rotatable bonds is 5. The molecule has 0 amide bonds. The van der Waals surface area contributed by atoms with Gasteiger partial charge in [-0.3, -0.25) is 4.79 Å². The Morgan fingerprint density at radius 3 is 3.00 bits per heavy atom. The second-order valence-electron chi connectivity index (χ2n) is 2.60. The fourth-order valence-electron chi connectivity index (χ4n) is 0.898. The smallest absolute Gasteiger partial charge is 0.325 e. The van der Waals surface area contributed by atoms with Crippen LogP contribution in [-0.2, 0) is 9.53 Å². The van der Waals surface area contributed by atoms with Crippen LogP contribution in [0.3, 0.4) is 0 Å². The van der Waals surface area contributed by atoms with E-state index in [1.165, 1.54) is 13.4 Å². The normalized spacial score (nSPS) is 9.47. The van der Waals surface area contributed by atoms with E-state index in [1.54, 1.807) is 6.07 Å². The Morgan fingerprint density at radius 2 is 2.33 bits per heavy atom. The number of methoxy groups -OCH3 is 1. The SMILES string of the molecule is CCOc1cc(NCC(=O)OC)ncn1. The lowest BCUT2D eigenvalue weighted by Gasteiger charge is -2.05. The molecule has 0 aliphatic rings. The highest BCUT2D eigenvalue weighted by Gasteiger charge is 2.02. The van der Waals surface area contributed by atoms with Gasteiger partial charge in [-0.15, -0.1) is 0 Å². The van der Waals surface area contributed by atoms with Crippen molar-refractivity contribution in [2.75, 3.05) is 25.6 Å². The van der Waals surface area contributed by atoms with Crippen molar-refractivity contribution < 1.29 is 14.3 Å². The molecule has 0 aromatic carbocycles. The van der Waals surface area contributed by atoms with Gasteiger partial charge in [0.2, 0.25) is 5.88 Å². The summed E-state index contributed by atoms with van der Waals surface area (Å²) in [4.78, 5) is 18.6. The number of carbonyl (C=O) groups excluding carboxylic acids is 1. The van der Waals surface area contributed by atoms with Crippen molar-refractivity contribution in [1.29, 1.82) is 0 Å². The average molecular weight is 211 g/mol. The van der Waals surface area contributed by atoms with E-state index in [0.29, 0.717) is 18.3 Å². The van der Waals surface area contributed by atoms with Crippen LogP contribution >= 0.6 is 0 Å². The Balaban J connectivity index is 2.53. The minimum atomic E-state index is -0.355. The minimum Gasteiger partial charge on any atom is -0.478 e. The van der Waals surface area contributed by atoms with Gasteiger partial charge >= 0.3 is 5.97 Å². The molecule has 0 atom stereocenters. The highest BCUT2D eigenvalue weighted by atomic mass is 16.5. The zero-order valence-electron chi connectivity index (χ0n) is 8.69. The largest absolute Gasteiger partial charge is 0.478 e. The van der Waals surface area contributed by atoms with Gasteiger partial charge in [-0.1, -0.05) is 0 Å². The predicted octanol–water partition coefficient (Wildman–Crippen LogP) is 0.460. The van der Waals surface area contributed by atoms with Crippen LogP contribution in [0.5, 0.6) is 5.88 Å². The van der Waals surface area contributed by atoms with Gasteiger partial charge in [-0.05, 0) is 6.92 Å². The second-order valence-corrected chi connectivity index (χ2v) is 2.60. The second kappa shape index (κ2) is 5.79. The molecule has 1 aromatic heterocycles. The van der Waals surface area contributed by atoms with Crippen LogP contribution in [0.4, 0.5) is 5.82 Å². The molecule has 0 aliphatic heterocycles. The molecule has 6 heteroatoms. The van der Waals surface area contributed by atoms with E-state index in [2.05, 4.69) is 20.0 Å². The van der Waals surface area contributed by atoms with E-state index in [0.717, 1.165) is 0 Å². The molecule has 82 valence electrons. The molecule has 0 fully saturated rings. The highest BCUT2D eigenvalue weighted by molar-refractivity contribution is 5.74. The summed E-state index contributed by atoms with van der Waals surface area (Å²) < 4.78 is 9.65. The summed E-state index contributed by atoms with van der Waals surface area (Å²) in [6.45, 7) is 2.47. The summed E-state index contributed by atoms with van der Waals surface area (Å²) in [5, 5.41) is 2.79. The first-order valence-corrected chi connectivity index (χ1v) is 4.51. The van der Waals surface area contributed by atoms with E-state index >= 15 is 0 Å². The summed E-state index contributed by atoms with van der Waals surface area (Å²) >= 11 is 0. The lowest BCUT2D eigenvalue weighted by Crippen LogP contribution is -2.15. The maximum Gasteiger partial charge on any atom is 0.325 e. The third-order valence-electron chi connectivity index (χ3n) is 1.58. The van der Waals surface area contributed by atoms with Crippen LogP contribution in [0.1, 0.15) is 6.92 Å². The Labute approximate surface area is 87.6 Å². The maximum atomic E-state index is 10.8. The van der Waals surface area contributed by atoms with Crippen molar-refractivity contribution in [3.8, 4) is 5.88 Å². The van der Waals surface area contributed by atoms with Crippen LogP contribution in [0.25, 0.3) is 0 Å². The van der Waals surface area contributed by atoms with Gasteiger partial charge in [-0.25, -0.2) is 9.97 Å². The molecule has 1 rings (SSSR count). The molecule has 0 aliphatic carbocycles. The number of anilines is 1. The van der Waals surface area contributed by atoms with E-state index in [-0.39, 0.29) is 12.5 Å². The van der Waals surface area contributed by atoms with Gasteiger partial charge in [-0.2, -0.15) is 0 Å². The lowest BCUT2D eigenvalue weighted by atomic mass is 10.5. The molecule has 6 nitrogen and oxygen atoms in total. The first-order valence-electron chi connectivity index (χ1n) is 4.51. The lowest BCUT2D eigenvalue weighted by molar-refractivity contribution is -0.138. The molecule has 0 unspecified atom stereocenters. The van der Waals surface area contributed by atoms with Crippen molar-refractivity contribution >= 4 is 11.8 Å². The average Bonchev–Trinajstić information content (AvgIpc) is 2.27. The summed E-state index contributed by atoms with van der Waals surface area (Å²) in [6, 6.07) is 1.62. The number of esters is 1. The Hall–Kier alpha value is -1.85. The molecule has 1 heterocycles. The molecule has 0 saturated heterocycles. The maximum absolute atomic E-state index is 10.8. The van der Waals surface area contributed by atoms with Crippen LogP contribution in [0.15, 0.2) is 12.4 Å². The standard InChI is InChI=1S/C9H13N3O3/c1-3-15-8-4-7(11-6-12-8)10-5-9(13)14-2/h4,6H,3,5H2,1-2H3,(H,10,11,12).